The lowest BCUT2D eigenvalue weighted by Crippen LogP contribution is -1.95. The maximum Gasteiger partial charge on any atom is 0.122 e. The number of hydrogen-bond acceptors (Lipinski definition) is 1. The Hall–Kier alpha value is -3.58. The smallest absolute Gasteiger partial charge is 0.122 e. The maximum atomic E-state index is 10.9. The SMILES string of the molecule is Oc1c(Cc2ccc3ccccc3c2)cccc1Cc1ccc2ccccc2c1. The van der Waals surface area contributed by atoms with Crippen LogP contribution in [0.1, 0.15) is 22.3 Å². The summed E-state index contributed by atoms with van der Waals surface area (Å²) in [6.45, 7) is 0. The van der Waals surface area contributed by atoms with Crippen molar-refractivity contribution in [2.75, 3.05) is 0 Å². The molecule has 0 unspecified atom stereocenters. The Kier molecular flexibility index (Phi) is 4.50. The molecule has 0 heterocycles. The average Bonchev–Trinajstić information content (AvgIpc) is 2.76. The van der Waals surface area contributed by atoms with Gasteiger partial charge in [0.05, 0.1) is 0 Å². The number of aromatic hydroxyl groups is 1. The lowest BCUT2D eigenvalue weighted by molar-refractivity contribution is 0.463. The molecule has 0 bridgehead atoms. The van der Waals surface area contributed by atoms with Gasteiger partial charge in [-0.05, 0) is 43.8 Å². The predicted molar refractivity (Wildman–Crippen MR) is 122 cm³/mol. The van der Waals surface area contributed by atoms with Crippen LogP contribution in [0, 0.1) is 0 Å². The molecule has 0 fully saturated rings. The zero-order valence-corrected chi connectivity index (χ0v) is 16.2. The summed E-state index contributed by atoms with van der Waals surface area (Å²) in [7, 11) is 0. The molecule has 140 valence electrons. The molecule has 0 amide bonds. The van der Waals surface area contributed by atoms with Crippen LogP contribution in [0.2, 0.25) is 0 Å². The number of hydrogen-bond donors (Lipinski definition) is 1. The molecule has 0 saturated heterocycles. The van der Waals surface area contributed by atoms with Gasteiger partial charge in [-0.1, -0.05) is 103 Å². The van der Waals surface area contributed by atoms with E-state index in [1.165, 1.54) is 32.7 Å². The van der Waals surface area contributed by atoms with Crippen molar-refractivity contribution >= 4 is 21.5 Å². The number of phenols is 1. The van der Waals surface area contributed by atoms with Gasteiger partial charge in [-0.15, -0.1) is 0 Å². The molecule has 0 saturated carbocycles. The van der Waals surface area contributed by atoms with Gasteiger partial charge in [0.2, 0.25) is 0 Å². The summed E-state index contributed by atoms with van der Waals surface area (Å²) < 4.78 is 0. The first kappa shape index (κ1) is 17.5. The Labute approximate surface area is 170 Å². The molecule has 1 heteroatoms. The zero-order valence-electron chi connectivity index (χ0n) is 16.2. The molecule has 0 aromatic heterocycles. The number of rotatable bonds is 4. The van der Waals surface area contributed by atoms with Crippen LogP contribution < -0.4 is 0 Å². The second-order valence-electron chi connectivity index (χ2n) is 7.64. The van der Waals surface area contributed by atoms with Crippen molar-refractivity contribution in [2.24, 2.45) is 0 Å². The maximum absolute atomic E-state index is 10.9. The number of benzene rings is 5. The molecular weight excluding hydrogens is 352 g/mol. The highest BCUT2D eigenvalue weighted by molar-refractivity contribution is 5.84. The van der Waals surface area contributed by atoms with Gasteiger partial charge in [-0.25, -0.2) is 0 Å². The van der Waals surface area contributed by atoms with Crippen molar-refractivity contribution in [2.45, 2.75) is 12.8 Å². The minimum Gasteiger partial charge on any atom is -0.507 e. The highest BCUT2D eigenvalue weighted by Crippen LogP contribution is 2.29. The van der Waals surface area contributed by atoms with E-state index < -0.39 is 0 Å². The summed E-state index contributed by atoms with van der Waals surface area (Å²) in [6, 6.07) is 35.9. The second kappa shape index (κ2) is 7.44. The van der Waals surface area contributed by atoms with E-state index in [1.54, 1.807) is 0 Å². The summed E-state index contributed by atoms with van der Waals surface area (Å²) in [5.41, 5.74) is 4.36. The van der Waals surface area contributed by atoms with Crippen molar-refractivity contribution in [1.82, 2.24) is 0 Å². The lowest BCUT2D eigenvalue weighted by Gasteiger charge is -2.11. The molecule has 0 atom stereocenters. The zero-order chi connectivity index (χ0) is 19.6. The molecule has 0 aliphatic rings. The first-order valence-corrected chi connectivity index (χ1v) is 10.0. The number of fused-ring (bicyclic) bond motifs is 2. The van der Waals surface area contributed by atoms with Crippen LogP contribution in [-0.4, -0.2) is 5.11 Å². The van der Waals surface area contributed by atoms with Crippen molar-refractivity contribution in [3.63, 3.8) is 0 Å². The molecule has 5 aromatic carbocycles. The topological polar surface area (TPSA) is 20.2 Å². The highest BCUT2D eigenvalue weighted by Gasteiger charge is 2.09. The Morgan fingerprint density at radius 3 is 1.38 bits per heavy atom. The van der Waals surface area contributed by atoms with E-state index in [-0.39, 0.29) is 0 Å². The molecule has 1 N–H and O–H groups in total. The van der Waals surface area contributed by atoms with Gasteiger partial charge in [0, 0.05) is 12.8 Å². The van der Waals surface area contributed by atoms with Gasteiger partial charge in [0.25, 0.3) is 0 Å². The predicted octanol–water partition coefficient (Wildman–Crippen LogP) is 6.88. The van der Waals surface area contributed by atoms with Crippen LogP contribution in [-0.2, 0) is 12.8 Å². The van der Waals surface area contributed by atoms with Crippen LogP contribution in [0.4, 0.5) is 0 Å². The lowest BCUT2D eigenvalue weighted by atomic mass is 9.96. The third kappa shape index (κ3) is 3.60. The van der Waals surface area contributed by atoms with E-state index in [4.69, 9.17) is 0 Å². The van der Waals surface area contributed by atoms with Crippen molar-refractivity contribution in [3.05, 3.63) is 125 Å². The highest BCUT2D eigenvalue weighted by atomic mass is 16.3. The Bertz CT molecular complexity index is 1220. The fraction of sp³-hybridized carbons (Fsp3) is 0.0714. The minimum absolute atomic E-state index is 0.411. The molecule has 0 spiro atoms. The van der Waals surface area contributed by atoms with Gasteiger partial charge in [0.1, 0.15) is 5.75 Å². The summed E-state index contributed by atoms with van der Waals surface area (Å²) in [4.78, 5) is 0. The van der Waals surface area contributed by atoms with Gasteiger partial charge >= 0.3 is 0 Å². The quantitative estimate of drug-likeness (QED) is 0.363. The van der Waals surface area contributed by atoms with Crippen LogP contribution in [0.25, 0.3) is 21.5 Å². The molecule has 5 aromatic rings. The average molecular weight is 374 g/mol. The standard InChI is InChI=1S/C28H22O/c29-28-26(18-20-12-14-22-6-1-3-8-24(22)16-20)10-5-11-27(28)19-21-13-15-23-7-2-4-9-25(23)17-21/h1-17,29H,18-19H2. The van der Waals surface area contributed by atoms with Crippen LogP contribution >= 0.6 is 0 Å². The Balaban J connectivity index is 1.43. The van der Waals surface area contributed by atoms with Crippen LogP contribution in [0.15, 0.2) is 103 Å². The number of para-hydroxylation sites is 1. The summed E-state index contributed by atoms with van der Waals surface area (Å²) in [5.74, 6) is 0.411. The third-order valence-electron chi connectivity index (χ3n) is 5.62. The normalized spacial score (nSPS) is 11.2. The van der Waals surface area contributed by atoms with Gasteiger partial charge in [0.15, 0.2) is 0 Å². The first-order valence-electron chi connectivity index (χ1n) is 10.0. The minimum atomic E-state index is 0.411. The second-order valence-corrected chi connectivity index (χ2v) is 7.64. The van der Waals surface area contributed by atoms with Gasteiger partial charge in [-0.3, -0.25) is 0 Å². The van der Waals surface area contributed by atoms with E-state index in [2.05, 4.69) is 84.9 Å². The van der Waals surface area contributed by atoms with Crippen molar-refractivity contribution < 1.29 is 5.11 Å². The van der Waals surface area contributed by atoms with Crippen molar-refractivity contribution in [3.8, 4) is 5.75 Å². The molecule has 0 aliphatic heterocycles. The fourth-order valence-electron chi connectivity index (χ4n) is 4.07. The van der Waals surface area contributed by atoms with E-state index in [0.717, 1.165) is 24.0 Å². The summed E-state index contributed by atoms with van der Waals surface area (Å²) in [5, 5.41) is 15.9. The summed E-state index contributed by atoms with van der Waals surface area (Å²) >= 11 is 0. The van der Waals surface area contributed by atoms with E-state index in [1.807, 2.05) is 18.2 Å². The Morgan fingerprint density at radius 2 is 0.897 bits per heavy atom. The number of phenolic OH excluding ortho intramolecular Hbond substituents is 1. The Morgan fingerprint density at radius 1 is 0.448 bits per heavy atom. The monoisotopic (exact) mass is 374 g/mol. The molecule has 0 aliphatic carbocycles. The van der Waals surface area contributed by atoms with E-state index in [0.29, 0.717) is 5.75 Å². The van der Waals surface area contributed by atoms with E-state index in [9.17, 15) is 5.11 Å². The molecule has 1 nitrogen and oxygen atoms in total. The largest absolute Gasteiger partial charge is 0.507 e. The molecule has 5 rings (SSSR count). The molecule has 29 heavy (non-hydrogen) atoms. The van der Waals surface area contributed by atoms with Crippen molar-refractivity contribution in [1.29, 1.82) is 0 Å². The molecular formula is C28H22O. The van der Waals surface area contributed by atoms with Crippen LogP contribution in [0.5, 0.6) is 5.75 Å². The fourth-order valence-corrected chi connectivity index (χ4v) is 4.07. The van der Waals surface area contributed by atoms with Gasteiger partial charge < -0.3 is 5.11 Å². The first-order chi connectivity index (χ1) is 14.3. The van der Waals surface area contributed by atoms with Crippen LogP contribution in [0.3, 0.4) is 0 Å². The summed E-state index contributed by atoms with van der Waals surface area (Å²) in [6.07, 6.45) is 1.45. The third-order valence-corrected chi connectivity index (χ3v) is 5.62. The van der Waals surface area contributed by atoms with E-state index >= 15 is 0 Å². The molecule has 0 radical (unpaired) electrons. The van der Waals surface area contributed by atoms with Gasteiger partial charge in [-0.2, -0.15) is 0 Å².